The lowest BCUT2D eigenvalue weighted by atomic mass is 9.90. The number of likely N-dealkylation sites (N-methyl/N-ethyl adjacent to an activating group) is 1. The van der Waals surface area contributed by atoms with Crippen LogP contribution in [0.5, 0.6) is 0 Å². The average molecular weight is 215 g/mol. The Morgan fingerprint density at radius 3 is 2.33 bits per heavy atom. The molecule has 0 atom stereocenters. The quantitative estimate of drug-likeness (QED) is 0.736. The van der Waals surface area contributed by atoms with Crippen LogP contribution >= 0.6 is 0 Å². The van der Waals surface area contributed by atoms with Gasteiger partial charge in [0.05, 0.1) is 6.61 Å². The van der Waals surface area contributed by atoms with Crippen LogP contribution in [-0.2, 0) is 4.79 Å². The summed E-state index contributed by atoms with van der Waals surface area (Å²) in [5, 5.41) is 8.78. The Kier molecular flexibility index (Phi) is 6.57. The number of aliphatic hydroxyl groups excluding tert-OH is 1. The first-order valence-corrected chi connectivity index (χ1v) is 5.79. The Bertz CT molecular complexity index is 185. The molecule has 0 aromatic heterocycles. The van der Waals surface area contributed by atoms with Crippen molar-refractivity contribution in [3.63, 3.8) is 0 Å². The maximum atomic E-state index is 11.7. The van der Waals surface area contributed by atoms with Gasteiger partial charge < -0.3 is 10.0 Å². The van der Waals surface area contributed by atoms with Gasteiger partial charge in [0.2, 0.25) is 5.91 Å². The van der Waals surface area contributed by atoms with Gasteiger partial charge in [-0.25, -0.2) is 0 Å². The van der Waals surface area contributed by atoms with E-state index in [2.05, 4.69) is 20.8 Å². The van der Waals surface area contributed by atoms with Gasteiger partial charge in [-0.05, 0) is 25.2 Å². The molecule has 1 N–H and O–H groups in total. The van der Waals surface area contributed by atoms with Crippen molar-refractivity contribution in [1.29, 1.82) is 0 Å². The monoisotopic (exact) mass is 215 g/mol. The lowest BCUT2D eigenvalue weighted by molar-refractivity contribution is -0.131. The molecule has 0 fully saturated rings. The van der Waals surface area contributed by atoms with Crippen molar-refractivity contribution < 1.29 is 9.90 Å². The molecule has 3 heteroatoms. The highest BCUT2D eigenvalue weighted by Crippen LogP contribution is 2.21. The van der Waals surface area contributed by atoms with Crippen LogP contribution in [0.3, 0.4) is 0 Å². The van der Waals surface area contributed by atoms with Crippen LogP contribution in [0.1, 0.15) is 47.0 Å². The summed E-state index contributed by atoms with van der Waals surface area (Å²) in [4.78, 5) is 13.4. The number of nitrogens with zero attached hydrogens (tertiary/aromatic N) is 1. The third-order valence-electron chi connectivity index (χ3n) is 2.42. The standard InChI is InChI=1S/C12H25NO2/c1-5-13(9-10-14)11(15)7-6-8-12(2,3)4/h14H,5-10H2,1-4H3. The first-order chi connectivity index (χ1) is 6.90. The normalized spacial score (nSPS) is 11.5. The second-order valence-electron chi connectivity index (χ2n) is 5.11. The van der Waals surface area contributed by atoms with Gasteiger partial charge in [0.25, 0.3) is 0 Å². The zero-order valence-corrected chi connectivity index (χ0v) is 10.5. The second kappa shape index (κ2) is 6.83. The summed E-state index contributed by atoms with van der Waals surface area (Å²) >= 11 is 0. The molecule has 0 spiro atoms. The molecule has 0 heterocycles. The van der Waals surface area contributed by atoms with E-state index in [-0.39, 0.29) is 12.5 Å². The molecule has 3 nitrogen and oxygen atoms in total. The number of carbonyl (C=O) groups is 1. The molecule has 0 rings (SSSR count). The van der Waals surface area contributed by atoms with Gasteiger partial charge in [-0.1, -0.05) is 20.8 Å². The fourth-order valence-corrected chi connectivity index (χ4v) is 1.51. The van der Waals surface area contributed by atoms with Crippen molar-refractivity contribution in [2.75, 3.05) is 19.7 Å². The minimum atomic E-state index is 0.0544. The molecule has 0 aliphatic carbocycles. The Balaban J connectivity index is 3.81. The molecule has 0 unspecified atom stereocenters. The molecule has 0 saturated heterocycles. The van der Waals surface area contributed by atoms with Gasteiger partial charge in [0, 0.05) is 19.5 Å². The van der Waals surface area contributed by atoms with Gasteiger partial charge in [-0.15, -0.1) is 0 Å². The molecule has 15 heavy (non-hydrogen) atoms. The van der Waals surface area contributed by atoms with E-state index in [9.17, 15) is 4.79 Å². The van der Waals surface area contributed by atoms with Crippen LogP contribution in [0, 0.1) is 5.41 Å². The molecule has 0 aromatic rings. The second-order valence-corrected chi connectivity index (χ2v) is 5.11. The van der Waals surface area contributed by atoms with Gasteiger partial charge in [-0.3, -0.25) is 4.79 Å². The number of carbonyl (C=O) groups excluding carboxylic acids is 1. The van der Waals surface area contributed by atoms with E-state index in [1.807, 2.05) is 6.92 Å². The highest BCUT2D eigenvalue weighted by molar-refractivity contribution is 5.76. The summed E-state index contributed by atoms with van der Waals surface area (Å²) in [6.07, 6.45) is 2.60. The van der Waals surface area contributed by atoms with E-state index >= 15 is 0 Å². The lowest BCUT2D eigenvalue weighted by Gasteiger charge is -2.21. The summed E-state index contributed by atoms with van der Waals surface area (Å²) in [6, 6.07) is 0. The molecular formula is C12H25NO2. The maximum Gasteiger partial charge on any atom is 0.222 e. The first-order valence-electron chi connectivity index (χ1n) is 5.79. The number of aliphatic hydroxyl groups is 1. The van der Waals surface area contributed by atoms with Crippen molar-refractivity contribution in [3.8, 4) is 0 Å². The molecular weight excluding hydrogens is 190 g/mol. The summed E-state index contributed by atoms with van der Waals surface area (Å²) < 4.78 is 0. The van der Waals surface area contributed by atoms with Gasteiger partial charge in [0.15, 0.2) is 0 Å². The van der Waals surface area contributed by atoms with Crippen LogP contribution in [-0.4, -0.2) is 35.6 Å². The van der Waals surface area contributed by atoms with Crippen LogP contribution < -0.4 is 0 Å². The minimum Gasteiger partial charge on any atom is -0.395 e. The van der Waals surface area contributed by atoms with E-state index in [1.165, 1.54) is 0 Å². The van der Waals surface area contributed by atoms with Crippen LogP contribution in [0.4, 0.5) is 0 Å². The third-order valence-corrected chi connectivity index (χ3v) is 2.42. The molecule has 90 valence electrons. The van der Waals surface area contributed by atoms with Crippen LogP contribution in [0.25, 0.3) is 0 Å². The van der Waals surface area contributed by atoms with E-state index in [0.717, 1.165) is 12.8 Å². The number of amides is 1. The number of rotatable bonds is 6. The molecule has 0 radical (unpaired) electrons. The third kappa shape index (κ3) is 7.37. The van der Waals surface area contributed by atoms with Gasteiger partial charge in [0.1, 0.15) is 0 Å². The van der Waals surface area contributed by atoms with Crippen molar-refractivity contribution in [2.45, 2.75) is 47.0 Å². The molecule has 0 aliphatic heterocycles. The molecule has 0 aromatic carbocycles. The first kappa shape index (κ1) is 14.4. The van der Waals surface area contributed by atoms with Crippen molar-refractivity contribution >= 4 is 5.91 Å². The van der Waals surface area contributed by atoms with Crippen molar-refractivity contribution in [3.05, 3.63) is 0 Å². The summed E-state index contributed by atoms with van der Waals surface area (Å²) in [6.45, 7) is 9.70. The SMILES string of the molecule is CCN(CCO)C(=O)CCCC(C)(C)C. The predicted octanol–water partition coefficient (Wildman–Crippen LogP) is 2.04. The van der Waals surface area contributed by atoms with E-state index < -0.39 is 0 Å². The van der Waals surface area contributed by atoms with Crippen LogP contribution in [0.15, 0.2) is 0 Å². The Morgan fingerprint density at radius 2 is 1.93 bits per heavy atom. The van der Waals surface area contributed by atoms with Crippen LogP contribution in [0.2, 0.25) is 0 Å². The summed E-state index contributed by atoms with van der Waals surface area (Å²) in [5.41, 5.74) is 0.300. The minimum absolute atomic E-state index is 0.0544. The highest BCUT2D eigenvalue weighted by Gasteiger charge is 2.14. The fourth-order valence-electron chi connectivity index (χ4n) is 1.51. The smallest absolute Gasteiger partial charge is 0.222 e. The predicted molar refractivity (Wildman–Crippen MR) is 62.6 cm³/mol. The van der Waals surface area contributed by atoms with Gasteiger partial charge >= 0.3 is 0 Å². The zero-order chi connectivity index (χ0) is 11.9. The number of hydrogen-bond donors (Lipinski definition) is 1. The molecule has 0 aliphatic rings. The van der Waals surface area contributed by atoms with Crippen molar-refractivity contribution in [2.24, 2.45) is 5.41 Å². The lowest BCUT2D eigenvalue weighted by Crippen LogP contribution is -2.33. The largest absolute Gasteiger partial charge is 0.395 e. The number of hydrogen-bond acceptors (Lipinski definition) is 2. The topological polar surface area (TPSA) is 40.5 Å². The Labute approximate surface area is 93.5 Å². The summed E-state index contributed by atoms with van der Waals surface area (Å²) in [7, 11) is 0. The van der Waals surface area contributed by atoms with E-state index in [4.69, 9.17) is 5.11 Å². The van der Waals surface area contributed by atoms with E-state index in [1.54, 1.807) is 4.90 Å². The maximum absolute atomic E-state index is 11.7. The van der Waals surface area contributed by atoms with Gasteiger partial charge in [-0.2, -0.15) is 0 Å². The fraction of sp³-hybridized carbons (Fsp3) is 0.917. The van der Waals surface area contributed by atoms with E-state index in [0.29, 0.717) is 24.9 Å². The highest BCUT2D eigenvalue weighted by atomic mass is 16.3. The molecule has 0 bridgehead atoms. The Morgan fingerprint density at radius 1 is 1.33 bits per heavy atom. The summed E-state index contributed by atoms with van der Waals surface area (Å²) in [5.74, 6) is 0.163. The Hall–Kier alpha value is -0.570. The molecule has 0 saturated carbocycles. The molecule has 1 amide bonds. The average Bonchev–Trinajstić information content (AvgIpc) is 2.11. The zero-order valence-electron chi connectivity index (χ0n) is 10.5. The van der Waals surface area contributed by atoms with Crippen molar-refractivity contribution in [1.82, 2.24) is 4.90 Å².